The van der Waals surface area contributed by atoms with Crippen LogP contribution in [0.5, 0.6) is 0 Å². The standard InChI is InChI=1S/C29H30F4N6O4/c1-15(2)23(36-24(40)19-13-17(29(31,32)33)5-7-20(19)30)25(41)38-11-9-28(10-12-38)26(42)37(4)27(43)39(28)18-6-8-21-22(14-18)35-16(3)34-21/h5-8,13-15,23H,9-12H2,1-4H3,(H,34,35)(H,36,40). The number of aromatic amines is 1. The second-order valence-electron chi connectivity index (χ2n) is 11.3. The highest BCUT2D eigenvalue weighted by molar-refractivity contribution is 6.17. The van der Waals surface area contributed by atoms with Crippen molar-refractivity contribution in [3.05, 3.63) is 59.2 Å². The van der Waals surface area contributed by atoms with E-state index in [1.54, 1.807) is 39.0 Å². The summed E-state index contributed by atoms with van der Waals surface area (Å²) in [5, 5.41) is 2.40. The minimum Gasteiger partial charge on any atom is -0.342 e. The van der Waals surface area contributed by atoms with Crippen molar-refractivity contribution in [3.8, 4) is 0 Å². The average Bonchev–Trinajstić information content (AvgIpc) is 3.40. The van der Waals surface area contributed by atoms with E-state index in [1.807, 2.05) is 0 Å². The number of alkyl halides is 3. The average molecular weight is 603 g/mol. The normalized spacial score (nSPS) is 17.8. The number of carbonyl (C=O) groups excluding carboxylic acids is 4. The first-order valence-corrected chi connectivity index (χ1v) is 13.7. The van der Waals surface area contributed by atoms with Crippen LogP contribution in [0.25, 0.3) is 11.0 Å². The van der Waals surface area contributed by atoms with Crippen molar-refractivity contribution >= 4 is 40.5 Å². The number of hydrogen-bond donors (Lipinski definition) is 2. The summed E-state index contributed by atoms with van der Waals surface area (Å²) in [5.74, 6) is -3.05. The summed E-state index contributed by atoms with van der Waals surface area (Å²) < 4.78 is 53.8. The van der Waals surface area contributed by atoms with Crippen LogP contribution in [0.15, 0.2) is 36.4 Å². The monoisotopic (exact) mass is 602 g/mol. The number of urea groups is 1. The predicted molar refractivity (Wildman–Crippen MR) is 148 cm³/mol. The van der Waals surface area contributed by atoms with Crippen molar-refractivity contribution in [2.24, 2.45) is 5.92 Å². The number of fused-ring (bicyclic) bond motifs is 1. The fourth-order valence-corrected chi connectivity index (χ4v) is 5.79. The summed E-state index contributed by atoms with van der Waals surface area (Å²) in [6.07, 6.45) is -4.58. The minimum absolute atomic E-state index is 0.0601. The second-order valence-corrected chi connectivity index (χ2v) is 11.3. The van der Waals surface area contributed by atoms with Gasteiger partial charge in [-0.1, -0.05) is 13.8 Å². The molecule has 2 aromatic carbocycles. The third-order valence-corrected chi connectivity index (χ3v) is 8.11. The van der Waals surface area contributed by atoms with Gasteiger partial charge in [-0.2, -0.15) is 13.2 Å². The van der Waals surface area contributed by atoms with Gasteiger partial charge in [0, 0.05) is 25.8 Å². The van der Waals surface area contributed by atoms with Crippen molar-refractivity contribution in [2.75, 3.05) is 25.0 Å². The first kappa shape index (κ1) is 30.0. The molecule has 0 bridgehead atoms. The van der Waals surface area contributed by atoms with Crippen molar-refractivity contribution in [1.82, 2.24) is 25.1 Å². The number of imide groups is 1. The van der Waals surface area contributed by atoms with Crippen molar-refractivity contribution in [2.45, 2.75) is 51.4 Å². The lowest BCUT2D eigenvalue weighted by Crippen LogP contribution is -2.60. The molecular formula is C29H30F4N6O4. The largest absolute Gasteiger partial charge is 0.416 e. The Kier molecular flexibility index (Phi) is 7.43. The van der Waals surface area contributed by atoms with Crippen LogP contribution >= 0.6 is 0 Å². The maximum atomic E-state index is 14.4. The molecule has 1 atom stereocenters. The van der Waals surface area contributed by atoms with Crippen LogP contribution in [0.3, 0.4) is 0 Å². The first-order chi connectivity index (χ1) is 20.1. The second kappa shape index (κ2) is 10.7. The van der Waals surface area contributed by atoms with Gasteiger partial charge in [-0.15, -0.1) is 0 Å². The van der Waals surface area contributed by atoms with Gasteiger partial charge in [-0.3, -0.25) is 24.2 Å². The number of aryl methyl sites for hydroxylation is 1. The number of H-pyrrole nitrogens is 1. The molecule has 0 radical (unpaired) electrons. The van der Waals surface area contributed by atoms with E-state index in [0.717, 1.165) is 4.90 Å². The molecule has 10 nitrogen and oxygen atoms in total. The zero-order valence-corrected chi connectivity index (χ0v) is 23.9. The van der Waals surface area contributed by atoms with Crippen molar-refractivity contribution in [1.29, 1.82) is 0 Å². The highest BCUT2D eigenvalue weighted by Crippen LogP contribution is 2.41. The van der Waals surface area contributed by atoms with E-state index in [9.17, 15) is 36.7 Å². The molecule has 1 unspecified atom stereocenters. The number of nitrogens with zero attached hydrogens (tertiary/aromatic N) is 4. The number of halogens is 4. The lowest BCUT2D eigenvalue weighted by molar-refractivity contribution is -0.139. The van der Waals surface area contributed by atoms with Gasteiger partial charge in [0.1, 0.15) is 23.2 Å². The molecule has 5 amide bonds. The van der Waals surface area contributed by atoms with Crippen LogP contribution in [-0.4, -0.2) is 75.2 Å². The topological polar surface area (TPSA) is 119 Å². The number of piperidine rings is 1. The molecule has 1 aromatic heterocycles. The molecule has 2 aliphatic rings. The molecule has 228 valence electrons. The van der Waals surface area contributed by atoms with Crippen LogP contribution in [0.2, 0.25) is 0 Å². The van der Waals surface area contributed by atoms with Gasteiger partial charge < -0.3 is 15.2 Å². The Morgan fingerprint density at radius 1 is 1.07 bits per heavy atom. The SMILES string of the molecule is Cc1nc2ccc(N3C(=O)N(C)C(=O)C34CCN(C(=O)C(NC(=O)c3cc(C(F)(F)F)ccc3F)C(C)C)CC4)cc2[nH]1. The summed E-state index contributed by atoms with van der Waals surface area (Å²) in [6, 6.07) is 5.02. The summed E-state index contributed by atoms with van der Waals surface area (Å²) in [4.78, 5) is 64.6. The van der Waals surface area contributed by atoms with Crippen LogP contribution in [0, 0.1) is 18.7 Å². The third-order valence-electron chi connectivity index (χ3n) is 8.11. The molecule has 14 heteroatoms. The number of likely N-dealkylation sites (N-methyl/N-ethyl adjacent to an activating group) is 1. The molecule has 0 aliphatic carbocycles. The Labute approximate surface area is 244 Å². The van der Waals surface area contributed by atoms with Gasteiger partial charge in [0.05, 0.1) is 22.2 Å². The molecule has 2 N–H and O–H groups in total. The molecule has 1 spiro atoms. The number of aromatic nitrogens is 2. The van der Waals surface area contributed by atoms with E-state index in [-0.39, 0.29) is 25.9 Å². The fourth-order valence-electron chi connectivity index (χ4n) is 5.79. The van der Waals surface area contributed by atoms with E-state index < -0.39 is 64.4 Å². The molecule has 2 aliphatic heterocycles. The predicted octanol–water partition coefficient (Wildman–Crippen LogP) is 4.24. The number of nitrogens with one attached hydrogen (secondary N) is 2. The van der Waals surface area contributed by atoms with Crippen LogP contribution in [-0.2, 0) is 15.8 Å². The van der Waals surface area contributed by atoms with Gasteiger partial charge in [0.2, 0.25) is 5.91 Å². The van der Waals surface area contributed by atoms with E-state index in [4.69, 9.17) is 0 Å². The molecule has 43 heavy (non-hydrogen) atoms. The number of anilines is 1. The molecule has 5 rings (SSSR count). The van der Waals surface area contributed by atoms with Crippen LogP contribution < -0.4 is 10.2 Å². The number of imidazole rings is 1. The molecule has 3 aromatic rings. The van der Waals surface area contributed by atoms with Gasteiger partial charge in [-0.25, -0.2) is 14.2 Å². The molecule has 0 saturated carbocycles. The van der Waals surface area contributed by atoms with Gasteiger partial charge in [0.25, 0.3) is 11.8 Å². The van der Waals surface area contributed by atoms with Gasteiger partial charge in [0.15, 0.2) is 0 Å². The number of rotatable bonds is 5. The Morgan fingerprint density at radius 3 is 2.37 bits per heavy atom. The smallest absolute Gasteiger partial charge is 0.342 e. The van der Waals surface area contributed by atoms with E-state index in [1.165, 1.54) is 16.8 Å². The molecule has 2 fully saturated rings. The lowest BCUT2D eigenvalue weighted by Gasteiger charge is -2.43. The number of amides is 5. The van der Waals surface area contributed by atoms with E-state index in [0.29, 0.717) is 40.7 Å². The van der Waals surface area contributed by atoms with Gasteiger partial charge in [-0.05, 0) is 62.1 Å². The fraction of sp³-hybridized carbons (Fsp3) is 0.414. The van der Waals surface area contributed by atoms with Crippen molar-refractivity contribution in [3.63, 3.8) is 0 Å². The highest BCUT2D eigenvalue weighted by atomic mass is 19.4. The molecule has 2 saturated heterocycles. The quantitative estimate of drug-likeness (QED) is 0.335. The Morgan fingerprint density at radius 2 is 1.74 bits per heavy atom. The van der Waals surface area contributed by atoms with E-state index in [2.05, 4.69) is 15.3 Å². The minimum atomic E-state index is -4.79. The maximum Gasteiger partial charge on any atom is 0.416 e. The van der Waals surface area contributed by atoms with Crippen LogP contribution in [0.1, 0.15) is 48.4 Å². The number of hydrogen-bond acceptors (Lipinski definition) is 5. The number of likely N-dealkylation sites (tertiary alicyclic amines) is 1. The molecular weight excluding hydrogens is 572 g/mol. The highest BCUT2D eigenvalue weighted by Gasteiger charge is 2.58. The summed E-state index contributed by atoms with van der Waals surface area (Å²) in [5.41, 5.74) is -1.38. The number of benzene rings is 2. The lowest BCUT2D eigenvalue weighted by atomic mass is 9.85. The Bertz CT molecular complexity index is 1630. The Hall–Kier alpha value is -4.49. The zero-order valence-electron chi connectivity index (χ0n) is 23.9. The summed E-state index contributed by atoms with van der Waals surface area (Å²) >= 11 is 0. The summed E-state index contributed by atoms with van der Waals surface area (Å²) in [7, 11) is 1.40. The van der Waals surface area contributed by atoms with E-state index >= 15 is 0 Å². The third kappa shape index (κ3) is 5.19. The first-order valence-electron chi connectivity index (χ1n) is 13.7. The van der Waals surface area contributed by atoms with Crippen molar-refractivity contribution < 1.29 is 36.7 Å². The Balaban J connectivity index is 1.36. The number of carbonyl (C=O) groups is 4. The van der Waals surface area contributed by atoms with Crippen LogP contribution in [0.4, 0.5) is 28.0 Å². The molecule has 3 heterocycles. The zero-order chi connectivity index (χ0) is 31.4. The summed E-state index contributed by atoms with van der Waals surface area (Å²) in [6.45, 7) is 5.20. The maximum absolute atomic E-state index is 14.4. The van der Waals surface area contributed by atoms with Gasteiger partial charge >= 0.3 is 12.2 Å².